The Morgan fingerprint density at radius 1 is 1.12 bits per heavy atom. The zero-order valence-electron chi connectivity index (χ0n) is 15.3. The third-order valence-corrected chi connectivity index (χ3v) is 6.20. The van der Waals surface area contributed by atoms with Gasteiger partial charge in [0.1, 0.15) is 6.04 Å². The molecule has 1 heterocycles. The lowest BCUT2D eigenvalue weighted by Crippen LogP contribution is -2.48. The topological polar surface area (TPSA) is 49.4 Å². The van der Waals surface area contributed by atoms with E-state index in [0.29, 0.717) is 0 Å². The molecule has 2 atom stereocenters. The first-order chi connectivity index (χ1) is 12.0. The Morgan fingerprint density at radius 2 is 1.88 bits per heavy atom. The second-order valence-electron chi connectivity index (χ2n) is 8.53. The summed E-state index contributed by atoms with van der Waals surface area (Å²) in [6, 6.07) is 8.26. The summed E-state index contributed by atoms with van der Waals surface area (Å²) in [5.41, 5.74) is 2.73. The van der Waals surface area contributed by atoms with Gasteiger partial charge in [-0.05, 0) is 55.1 Å². The first kappa shape index (κ1) is 16.6. The fourth-order valence-electron chi connectivity index (χ4n) is 4.50. The molecule has 0 unspecified atom stereocenters. The molecule has 0 aromatic heterocycles. The van der Waals surface area contributed by atoms with Gasteiger partial charge in [-0.3, -0.25) is 9.59 Å². The van der Waals surface area contributed by atoms with E-state index in [1.165, 1.54) is 11.1 Å². The van der Waals surface area contributed by atoms with Crippen molar-refractivity contribution >= 4 is 11.8 Å². The van der Waals surface area contributed by atoms with E-state index in [2.05, 4.69) is 43.4 Å². The van der Waals surface area contributed by atoms with Crippen molar-refractivity contribution in [2.45, 2.75) is 69.9 Å². The molecule has 1 saturated carbocycles. The molecule has 1 saturated heterocycles. The number of nitrogens with zero attached hydrogens (tertiary/aromatic N) is 1. The Kier molecular flexibility index (Phi) is 4.09. The molecule has 1 aromatic rings. The van der Waals surface area contributed by atoms with E-state index < -0.39 is 0 Å². The Morgan fingerprint density at radius 3 is 2.64 bits per heavy atom. The van der Waals surface area contributed by atoms with E-state index >= 15 is 0 Å². The van der Waals surface area contributed by atoms with Crippen molar-refractivity contribution < 1.29 is 9.59 Å². The molecule has 1 aliphatic heterocycles. The molecule has 1 N–H and O–H groups in total. The van der Waals surface area contributed by atoms with Crippen LogP contribution < -0.4 is 5.32 Å². The van der Waals surface area contributed by atoms with E-state index in [0.717, 1.165) is 45.1 Å². The molecule has 0 radical (unpaired) electrons. The lowest BCUT2D eigenvalue weighted by atomic mass is 9.71. The van der Waals surface area contributed by atoms with Crippen molar-refractivity contribution in [2.24, 2.45) is 5.92 Å². The maximum Gasteiger partial charge on any atom is 0.243 e. The van der Waals surface area contributed by atoms with E-state index in [-0.39, 0.29) is 35.2 Å². The van der Waals surface area contributed by atoms with Crippen molar-refractivity contribution in [1.29, 1.82) is 0 Å². The zero-order valence-corrected chi connectivity index (χ0v) is 15.3. The maximum absolute atomic E-state index is 12.9. The molecule has 4 nitrogen and oxygen atoms in total. The molecule has 2 aliphatic carbocycles. The van der Waals surface area contributed by atoms with E-state index in [1.807, 2.05) is 4.90 Å². The molecular formula is C21H28N2O2. The normalized spacial score (nSPS) is 27.7. The highest BCUT2D eigenvalue weighted by Gasteiger charge is 2.42. The molecular weight excluding hydrogens is 312 g/mol. The fourth-order valence-corrected chi connectivity index (χ4v) is 4.50. The maximum atomic E-state index is 12.9. The summed E-state index contributed by atoms with van der Waals surface area (Å²) < 4.78 is 0. The predicted molar refractivity (Wildman–Crippen MR) is 97.0 cm³/mol. The molecule has 0 bridgehead atoms. The number of carbonyl (C=O) groups excluding carboxylic acids is 2. The number of nitrogens with one attached hydrogen (secondary N) is 1. The largest absolute Gasteiger partial charge is 0.347 e. The monoisotopic (exact) mass is 340 g/mol. The van der Waals surface area contributed by atoms with Gasteiger partial charge in [-0.15, -0.1) is 0 Å². The molecule has 4 rings (SSSR count). The molecule has 2 fully saturated rings. The second-order valence-corrected chi connectivity index (χ2v) is 8.53. The Hall–Kier alpha value is -1.84. The molecule has 3 aliphatic rings. The Bertz CT molecular complexity index is 693. The minimum Gasteiger partial charge on any atom is -0.347 e. The standard InChI is InChI=1S/C21H28N2O2/c1-21(2)12-11-17(15-6-3-4-7-16(15)21)22-19(24)18-8-5-13-23(18)20(25)14-9-10-14/h3-4,6-7,14,17-18H,5,8-13H2,1-2H3,(H,22,24)/t17-,18-/m1/s1. The van der Waals surface area contributed by atoms with Gasteiger partial charge in [-0.25, -0.2) is 0 Å². The van der Waals surface area contributed by atoms with Crippen LogP contribution in [0.4, 0.5) is 0 Å². The summed E-state index contributed by atoms with van der Waals surface area (Å²) in [7, 11) is 0. The van der Waals surface area contributed by atoms with Crippen LogP contribution in [-0.4, -0.2) is 29.3 Å². The molecule has 134 valence electrons. The van der Waals surface area contributed by atoms with Crippen LogP contribution in [0.3, 0.4) is 0 Å². The van der Waals surface area contributed by atoms with E-state index in [1.54, 1.807) is 0 Å². The highest BCUT2D eigenvalue weighted by Crippen LogP contribution is 2.41. The molecule has 25 heavy (non-hydrogen) atoms. The summed E-state index contributed by atoms with van der Waals surface area (Å²) in [6.07, 6.45) is 5.74. The Balaban J connectivity index is 1.50. The number of rotatable bonds is 3. The third-order valence-electron chi connectivity index (χ3n) is 6.20. The van der Waals surface area contributed by atoms with Crippen LogP contribution in [0.1, 0.15) is 69.5 Å². The lowest BCUT2D eigenvalue weighted by molar-refractivity contribution is -0.139. The number of likely N-dealkylation sites (tertiary alicyclic amines) is 1. The number of hydrogen-bond donors (Lipinski definition) is 1. The molecule has 4 heteroatoms. The van der Waals surface area contributed by atoms with Gasteiger partial charge in [0, 0.05) is 12.5 Å². The lowest BCUT2D eigenvalue weighted by Gasteiger charge is -2.38. The van der Waals surface area contributed by atoms with Gasteiger partial charge in [0.2, 0.25) is 11.8 Å². The van der Waals surface area contributed by atoms with Gasteiger partial charge in [0.25, 0.3) is 0 Å². The number of hydrogen-bond acceptors (Lipinski definition) is 2. The van der Waals surface area contributed by atoms with Crippen LogP contribution >= 0.6 is 0 Å². The zero-order chi connectivity index (χ0) is 17.6. The van der Waals surface area contributed by atoms with Crippen LogP contribution in [0.15, 0.2) is 24.3 Å². The number of fused-ring (bicyclic) bond motifs is 1. The first-order valence-electron chi connectivity index (χ1n) is 9.67. The van der Waals surface area contributed by atoms with Crippen molar-refractivity contribution in [3.8, 4) is 0 Å². The molecule has 0 spiro atoms. The average Bonchev–Trinajstić information content (AvgIpc) is 3.33. The van der Waals surface area contributed by atoms with E-state index in [4.69, 9.17) is 0 Å². The van der Waals surface area contributed by atoms with Crippen LogP contribution in [0.5, 0.6) is 0 Å². The summed E-state index contributed by atoms with van der Waals surface area (Å²) >= 11 is 0. The van der Waals surface area contributed by atoms with Crippen molar-refractivity contribution in [1.82, 2.24) is 10.2 Å². The van der Waals surface area contributed by atoms with Gasteiger partial charge in [0.05, 0.1) is 6.04 Å². The summed E-state index contributed by atoms with van der Waals surface area (Å²) in [5.74, 6) is 0.415. The Labute approximate surface area is 150 Å². The average molecular weight is 340 g/mol. The van der Waals surface area contributed by atoms with E-state index in [9.17, 15) is 9.59 Å². The number of amides is 2. The highest BCUT2D eigenvalue weighted by atomic mass is 16.2. The van der Waals surface area contributed by atoms with Crippen molar-refractivity contribution in [3.63, 3.8) is 0 Å². The second kappa shape index (κ2) is 6.15. The number of carbonyl (C=O) groups is 2. The summed E-state index contributed by atoms with van der Waals surface area (Å²) in [4.78, 5) is 27.2. The van der Waals surface area contributed by atoms with Crippen molar-refractivity contribution in [3.05, 3.63) is 35.4 Å². The smallest absolute Gasteiger partial charge is 0.243 e. The van der Waals surface area contributed by atoms with Crippen LogP contribution in [0.2, 0.25) is 0 Å². The molecule has 2 amide bonds. The minimum atomic E-state index is -0.268. The first-order valence-corrected chi connectivity index (χ1v) is 9.67. The fraction of sp³-hybridized carbons (Fsp3) is 0.619. The van der Waals surface area contributed by atoms with Gasteiger partial charge < -0.3 is 10.2 Å². The number of benzene rings is 1. The van der Waals surface area contributed by atoms with Gasteiger partial charge in [0.15, 0.2) is 0 Å². The third kappa shape index (κ3) is 3.07. The summed E-state index contributed by atoms with van der Waals surface area (Å²) in [5, 5.41) is 3.27. The van der Waals surface area contributed by atoms with Crippen LogP contribution in [0, 0.1) is 5.92 Å². The van der Waals surface area contributed by atoms with Crippen molar-refractivity contribution in [2.75, 3.05) is 6.54 Å². The summed E-state index contributed by atoms with van der Waals surface area (Å²) in [6.45, 7) is 5.29. The van der Waals surface area contributed by atoms with Crippen LogP contribution in [-0.2, 0) is 15.0 Å². The minimum absolute atomic E-state index is 0.0333. The van der Waals surface area contributed by atoms with Gasteiger partial charge in [-0.2, -0.15) is 0 Å². The predicted octanol–water partition coefficient (Wildman–Crippen LogP) is 3.32. The SMILES string of the molecule is CC1(C)CC[C@@H](NC(=O)[C@H]2CCCN2C(=O)C2CC2)c2ccccc21. The van der Waals surface area contributed by atoms with Gasteiger partial charge >= 0.3 is 0 Å². The molecule has 1 aromatic carbocycles. The van der Waals surface area contributed by atoms with Gasteiger partial charge in [-0.1, -0.05) is 38.1 Å². The quantitative estimate of drug-likeness (QED) is 0.918. The van der Waals surface area contributed by atoms with Crippen LogP contribution in [0.25, 0.3) is 0 Å². The highest BCUT2D eigenvalue weighted by molar-refractivity contribution is 5.90.